The third-order valence-electron chi connectivity index (χ3n) is 3.12. The zero-order valence-corrected chi connectivity index (χ0v) is 15.1. The molecule has 0 bridgehead atoms. The van der Waals surface area contributed by atoms with E-state index in [-0.39, 0.29) is 17.2 Å². The molecule has 0 unspecified atom stereocenters. The summed E-state index contributed by atoms with van der Waals surface area (Å²) in [5.74, 6) is -1.05. The van der Waals surface area contributed by atoms with Gasteiger partial charge >= 0.3 is 12.0 Å². The van der Waals surface area contributed by atoms with E-state index in [1.807, 2.05) is 0 Å². The van der Waals surface area contributed by atoms with Gasteiger partial charge in [-0.3, -0.25) is 10.2 Å². The van der Waals surface area contributed by atoms with Gasteiger partial charge in [0.1, 0.15) is 0 Å². The third kappa shape index (κ3) is 5.37. The van der Waals surface area contributed by atoms with Gasteiger partial charge < -0.3 is 10.1 Å². The van der Waals surface area contributed by atoms with Crippen LogP contribution < -0.4 is 16.2 Å². The fourth-order valence-corrected chi connectivity index (χ4v) is 2.42. The molecule has 0 aliphatic heterocycles. The van der Waals surface area contributed by atoms with Gasteiger partial charge in [-0.2, -0.15) is 0 Å². The maximum Gasteiger partial charge on any atom is 0.338 e. The molecule has 0 aliphatic carbocycles. The zero-order chi connectivity index (χ0) is 19.1. The van der Waals surface area contributed by atoms with Crippen LogP contribution in [0.2, 0.25) is 10.0 Å². The van der Waals surface area contributed by atoms with Crippen LogP contribution in [0.1, 0.15) is 27.6 Å². The highest BCUT2D eigenvalue weighted by molar-refractivity contribution is 6.36. The Morgan fingerprint density at radius 3 is 2.31 bits per heavy atom. The molecule has 0 saturated carbocycles. The lowest BCUT2D eigenvalue weighted by Gasteiger charge is -2.10. The van der Waals surface area contributed by atoms with Gasteiger partial charge in [-0.25, -0.2) is 15.0 Å². The maximum absolute atomic E-state index is 12.0. The number of urea groups is 1. The maximum atomic E-state index is 12.0. The molecular formula is C17H15Cl2N3O4. The van der Waals surface area contributed by atoms with Crippen LogP contribution in [0.3, 0.4) is 0 Å². The summed E-state index contributed by atoms with van der Waals surface area (Å²) in [4.78, 5) is 35.4. The third-order valence-corrected chi connectivity index (χ3v) is 3.67. The Labute approximate surface area is 159 Å². The number of hydrogen-bond donors (Lipinski definition) is 3. The lowest BCUT2D eigenvalue weighted by Crippen LogP contribution is -2.44. The van der Waals surface area contributed by atoms with Gasteiger partial charge in [-0.1, -0.05) is 23.2 Å². The van der Waals surface area contributed by atoms with Crippen LogP contribution in [-0.2, 0) is 4.74 Å². The summed E-state index contributed by atoms with van der Waals surface area (Å²) in [6.07, 6.45) is 0. The van der Waals surface area contributed by atoms with Crippen LogP contribution in [-0.4, -0.2) is 24.5 Å². The Morgan fingerprint density at radius 2 is 1.69 bits per heavy atom. The van der Waals surface area contributed by atoms with Gasteiger partial charge in [-0.15, -0.1) is 0 Å². The Hall–Kier alpha value is -2.77. The van der Waals surface area contributed by atoms with Crippen molar-refractivity contribution in [2.24, 2.45) is 0 Å². The smallest absolute Gasteiger partial charge is 0.338 e. The first kappa shape index (κ1) is 19.6. The van der Waals surface area contributed by atoms with E-state index in [0.29, 0.717) is 16.3 Å². The number of nitrogens with one attached hydrogen (secondary N) is 3. The predicted octanol–water partition coefficient (Wildman–Crippen LogP) is 3.64. The fourth-order valence-electron chi connectivity index (χ4n) is 1.92. The molecule has 3 amide bonds. The standard InChI is InChI=1S/C17H15Cl2N3O4/c1-2-26-16(24)10-3-6-12(7-4-10)20-17(25)22-21-15(23)13-8-5-11(18)9-14(13)19/h3-9H,2H2,1H3,(H,21,23)(H2,20,22,25). The van der Waals surface area contributed by atoms with Crippen molar-refractivity contribution in [1.29, 1.82) is 0 Å². The summed E-state index contributed by atoms with van der Waals surface area (Å²) >= 11 is 11.7. The molecule has 0 saturated heterocycles. The quantitative estimate of drug-likeness (QED) is 0.543. The highest BCUT2D eigenvalue weighted by Gasteiger charge is 2.12. The number of hydrogen-bond acceptors (Lipinski definition) is 4. The molecule has 0 radical (unpaired) electrons. The summed E-state index contributed by atoms with van der Waals surface area (Å²) < 4.78 is 4.87. The highest BCUT2D eigenvalue weighted by atomic mass is 35.5. The molecule has 2 aromatic rings. The average Bonchev–Trinajstić information content (AvgIpc) is 2.60. The number of rotatable bonds is 4. The molecule has 7 nitrogen and oxygen atoms in total. The van der Waals surface area contributed by atoms with E-state index >= 15 is 0 Å². The van der Waals surface area contributed by atoms with Crippen molar-refractivity contribution in [3.05, 3.63) is 63.6 Å². The summed E-state index contributed by atoms with van der Waals surface area (Å²) in [7, 11) is 0. The van der Waals surface area contributed by atoms with E-state index in [9.17, 15) is 14.4 Å². The SMILES string of the molecule is CCOC(=O)c1ccc(NC(=O)NNC(=O)c2ccc(Cl)cc2Cl)cc1. The first-order valence-corrected chi connectivity index (χ1v) is 8.26. The Bertz CT molecular complexity index is 825. The monoisotopic (exact) mass is 395 g/mol. The van der Waals surface area contributed by atoms with Gasteiger partial charge in [-0.05, 0) is 49.4 Å². The second-order valence-corrected chi connectivity index (χ2v) is 5.80. The van der Waals surface area contributed by atoms with E-state index < -0.39 is 17.9 Å². The summed E-state index contributed by atoms with van der Waals surface area (Å²) in [6.45, 7) is 1.99. The molecule has 3 N–H and O–H groups in total. The minimum Gasteiger partial charge on any atom is -0.462 e. The molecule has 136 valence electrons. The molecule has 2 aromatic carbocycles. The second kappa shape index (κ2) is 9.07. The van der Waals surface area contributed by atoms with Crippen molar-refractivity contribution >= 4 is 46.8 Å². The number of ether oxygens (including phenoxy) is 1. The van der Waals surface area contributed by atoms with Crippen molar-refractivity contribution in [3.8, 4) is 0 Å². The number of hydrazine groups is 1. The molecule has 0 aromatic heterocycles. The normalized spacial score (nSPS) is 9.96. The van der Waals surface area contributed by atoms with Gasteiger partial charge in [0.05, 0.1) is 22.8 Å². The topological polar surface area (TPSA) is 96.5 Å². The van der Waals surface area contributed by atoms with Crippen LogP contribution in [0, 0.1) is 0 Å². The average molecular weight is 396 g/mol. The molecule has 0 spiro atoms. The zero-order valence-electron chi connectivity index (χ0n) is 13.6. The van der Waals surface area contributed by atoms with E-state index in [0.717, 1.165) is 0 Å². The molecule has 26 heavy (non-hydrogen) atoms. The summed E-state index contributed by atoms with van der Waals surface area (Å²) in [5.41, 5.74) is 5.37. The second-order valence-electron chi connectivity index (χ2n) is 4.96. The number of carbonyl (C=O) groups excluding carboxylic acids is 3. The van der Waals surface area contributed by atoms with Crippen molar-refractivity contribution in [1.82, 2.24) is 10.9 Å². The molecule has 0 heterocycles. The van der Waals surface area contributed by atoms with Crippen LogP contribution in [0.15, 0.2) is 42.5 Å². The lowest BCUT2D eigenvalue weighted by molar-refractivity contribution is 0.0526. The van der Waals surface area contributed by atoms with Crippen LogP contribution in [0.5, 0.6) is 0 Å². The van der Waals surface area contributed by atoms with Crippen LogP contribution in [0.4, 0.5) is 10.5 Å². The Kier molecular flexibility index (Phi) is 6.82. The van der Waals surface area contributed by atoms with E-state index in [1.165, 1.54) is 42.5 Å². The minimum atomic E-state index is -0.674. The number of anilines is 1. The highest BCUT2D eigenvalue weighted by Crippen LogP contribution is 2.20. The van der Waals surface area contributed by atoms with Gasteiger partial charge in [0.15, 0.2) is 0 Å². The Morgan fingerprint density at radius 1 is 1.00 bits per heavy atom. The summed E-state index contributed by atoms with van der Waals surface area (Å²) in [5, 5.41) is 3.05. The molecule has 2 rings (SSSR count). The molecule has 0 atom stereocenters. The predicted molar refractivity (Wildman–Crippen MR) is 98.5 cm³/mol. The number of amides is 3. The molecule has 9 heteroatoms. The first-order valence-electron chi connectivity index (χ1n) is 7.50. The van der Waals surface area contributed by atoms with Crippen molar-refractivity contribution in [2.45, 2.75) is 6.92 Å². The van der Waals surface area contributed by atoms with Crippen LogP contribution >= 0.6 is 23.2 Å². The largest absolute Gasteiger partial charge is 0.462 e. The first-order chi connectivity index (χ1) is 12.4. The number of esters is 1. The van der Waals surface area contributed by atoms with Gasteiger partial charge in [0.25, 0.3) is 5.91 Å². The van der Waals surface area contributed by atoms with Crippen molar-refractivity contribution in [2.75, 3.05) is 11.9 Å². The minimum absolute atomic E-state index is 0.159. The lowest BCUT2D eigenvalue weighted by atomic mass is 10.2. The van der Waals surface area contributed by atoms with Gasteiger partial charge in [0.2, 0.25) is 0 Å². The molecular weight excluding hydrogens is 381 g/mol. The van der Waals surface area contributed by atoms with E-state index in [1.54, 1.807) is 6.92 Å². The fraction of sp³-hybridized carbons (Fsp3) is 0.118. The van der Waals surface area contributed by atoms with Crippen molar-refractivity contribution < 1.29 is 19.1 Å². The number of carbonyl (C=O) groups is 3. The molecule has 0 fully saturated rings. The van der Waals surface area contributed by atoms with E-state index in [2.05, 4.69) is 16.2 Å². The molecule has 0 aliphatic rings. The van der Waals surface area contributed by atoms with E-state index in [4.69, 9.17) is 27.9 Å². The summed E-state index contributed by atoms with van der Waals surface area (Å²) in [6, 6.07) is 9.78. The number of benzene rings is 2. The van der Waals surface area contributed by atoms with Crippen LogP contribution in [0.25, 0.3) is 0 Å². The van der Waals surface area contributed by atoms with Crippen molar-refractivity contribution in [3.63, 3.8) is 0 Å². The number of halogens is 2. The van der Waals surface area contributed by atoms with Gasteiger partial charge in [0, 0.05) is 10.7 Å². The Balaban J connectivity index is 1.88.